The topological polar surface area (TPSA) is 112 Å². The van der Waals surface area contributed by atoms with Crippen molar-refractivity contribution in [2.45, 2.75) is 44.4 Å². The number of anilines is 2. The van der Waals surface area contributed by atoms with Crippen LogP contribution in [0.4, 0.5) is 21.0 Å². The minimum Gasteiger partial charge on any atom is -0.444 e. The molecule has 1 unspecified atom stereocenters. The second kappa shape index (κ2) is 13.7. The Morgan fingerprint density at radius 2 is 1.37 bits per heavy atom. The van der Waals surface area contributed by atoms with E-state index in [2.05, 4.69) is 20.7 Å². The van der Waals surface area contributed by atoms with Crippen molar-refractivity contribution in [3.05, 3.63) is 114 Å². The molecular formula is C32H35N4O4S+. The van der Waals surface area contributed by atoms with Crippen LogP contribution in [0.3, 0.4) is 0 Å². The number of hydrogen-bond acceptors (Lipinski definition) is 5. The Kier molecular flexibility index (Phi) is 9.89. The number of carbonyl (C=O) groups is 2. The van der Waals surface area contributed by atoms with Crippen LogP contribution in [-0.2, 0) is 29.2 Å². The lowest BCUT2D eigenvalue weighted by Gasteiger charge is -2.19. The standard InChI is InChI=1S/C32H34N4O4S/c1-32(2,3)40-31(38)34-22-24-11-9-10-23(20-24)21-33-30(37)35-26-16-18-27(19-17-26)36-41(39)29-15-8-7-14-28(29)25-12-5-4-6-13-25/h4-20,36,39H,21-22H2,1-3H3,(H2-,33,34,35,37,38)/p+1. The van der Waals surface area contributed by atoms with Gasteiger partial charge in [-0.25, -0.2) is 9.59 Å². The molecule has 8 nitrogen and oxygen atoms in total. The highest BCUT2D eigenvalue weighted by atomic mass is 32.2. The third-order valence-corrected chi connectivity index (χ3v) is 7.02. The average Bonchev–Trinajstić information content (AvgIpc) is 2.96. The van der Waals surface area contributed by atoms with Gasteiger partial charge in [0.2, 0.25) is 4.90 Å². The molecule has 0 fully saturated rings. The van der Waals surface area contributed by atoms with Crippen molar-refractivity contribution in [3.63, 3.8) is 0 Å². The van der Waals surface area contributed by atoms with Gasteiger partial charge in [-0.05, 0) is 73.9 Å². The fraction of sp³-hybridized carbons (Fsp3) is 0.188. The Balaban J connectivity index is 1.27. The molecule has 4 aromatic rings. The molecule has 0 aliphatic rings. The first-order valence-corrected chi connectivity index (χ1v) is 14.4. The minimum atomic E-state index is -1.23. The van der Waals surface area contributed by atoms with Gasteiger partial charge < -0.3 is 20.7 Å². The highest BCUT2D eigenvalue weighted by molar-refractivity contribution is 7.93. The summed E-state index contributed by atoms with van der Waals surface area (Å²) in [6, 6.07) is 32.1. The molecule has 3 amide bonds. The molecule has 4 aromatic carbocycles. The van der Waals surface area contributed by atoms with Gasteiger partial charge in [-0.3, -0.25) is 0 Å². The van der Waals surface area contributed by atoms with E-state index in [1.165, 1.54) is 0 Å². The van der Waals surface area contributed by atoms with Gasteiger partial charge in [-0.15, -0.1) is 0 Å². The molecule has 0 saturated heterocycles. The van der Waals surface area contributed by atoms with Gasteiger partial charge in [0.15, 0.2) is 0 Å². The molecule has 0 radical (unpaired) electrons. The lowest BCUT2D eigenvalue weighted by Crippen LogP contribution is -2.32. The van der Waals surface area contributed by atoms with Gasteiger partial charge in [-0.2, -0.15) is 9.27 Å². The van der Waals surface area contributed by atoms with Crippen LogP contribution in [0.15, 0.2) is 108 Å². The summed E-state index contributed by atoms with van der Waals surface area (Å²) in [6.07, 6.45) is -0.478. The zero-order valence-electron chi connectivity index (χ0n) is 23.3. The molecule has 0 saturated carbocycles. The summed E-state index contributed by atoms with van der Waals surface area (Å²) in [5.41, 5.74) is 4.57. The van der Waals surface area contributed by atoms with E-state index in [0.29, 0.717) is 18.8 Å². The van der Waals surface area contributed by atoms with Gasteiger partial charge in [-0.1, -0.05) is 66.7 Å². The maximum absolute atomic E-state index is 12.5. The minimum absolute atomic E-state index is 0.319. The fourth-order valence-corrected chi connectivity index (χ4v) is 5.05. The molecule has 41 heavy (non-hydrogen) atoms. The van der Waals surface area contributed by atoms with Gasteiger partial charge in [0.1, 0.15) is 5.60 Å². The maximum Gasteiger partial charge on any atom is 0.407 e. The van der Waals surface area contributed by atoms with Crippen molar-refractivity contribution in [2.75, 3.05) is 10.0 Å². The van der Waals surface area contributed by atoms with E-state index in [-0.39, 0.29) is 6.03 Å². The molecule has 0 spiro atoms. The monoisotopic (exact) mass is 571 g/mol. The highest BCUT2D eigenvalue weighted by Gasteiger charge is 2.25. The maximum atomic E-state index is 12.5. The predicted molar refractivity (Wildman–Crippen MR) is 166 cm³/mol. The average molecular weight is 572 g/mol. The number of rotatable bonds is 9. The van der Waals surface area contributed by atoms with Crippen LogP contribution in [0.1, 0.15) is 31.9 Å². The smallest absolute Gasteiger partial charge is 0.407 e. The number of ether oxygens (including phenoxy) is 1. The van der Waals surface area contributed by atoms with Gasteiger partial charge in [0, 0.05) is 24.3 Å². The van der Waals surface area contributed by atoms with Crippen LogP contribution < -0.4 is 20.7 Å². The molecule has 212 valence electrons. The van der Waals surface area contributed by atoms with Crippen LogP contribution in [0.25, 0.3) is 11.1 Å². The van der Waals surface area contributed by atoms with Crippen molar-refractivity contribution in [3.8, 4) is 11.1 Å². The van der Waals surface area contributed by atoms with Crippen molar-refractivity contribution in [1.82, 2.24) is 10.6 Å². The van der Waals surface area contributed by atoms with Gasteiger partial charge in [0.25, 0.3) is 0 Å². The highest BCUT2D eigenvalue weighted by Crippen LogP contribution is 2.28. The summed E-state index contributed by atoms with van der Waals surface area (Å²) < 4.78 is 19.4. The summed E-state index contributed by atoms with van der Waals surface area (Å²) in [4.78, 5) is 25.2. The lowest BCUT2D eigenvalue weighted by molar-refractivity contribution is 0.0523. The van der Waals surface area contributed by atoms with E-state index in [0.717, 1.165) is 32.8 Å². The number of carbonyl (C=O) groups excluding carboxylic acids is 2. The quantitative estimate of drug-likeness (QED) is 0.137. The summed E-state index contributed by atoms with van der Waals surface area (Å²) >= 11 is -1.23. The molecule has 0 aromatic heterocycles. The van der Waals surface area contributed by atoms with Crippen LogP contribution in [0.5, 0.6) is 0 Å². The first-order valence-electron chi connectivity index (χ1n) is 13.2. The number of urea groups is 1. The normalized spacial score (nSPS) is 11.7. The van der Waals surface area contributed by atoms with Crippen LogP contribution in [0.2, 0.25) is 0 Å². The van der Waals surface area contributed by atoms with Gasteiger partial charge in [0.05, 0.1) is 5.69 Å². The molecule has 0 heterocycles. The lowest BCUT2D eigenvalue weighted by atomic mass is 10.1. The molecular weight excluding hydrogens is 536 g/mol. The third kappa shape index (κ3) is 9.30. The Bertz CT molecular complexity index is 1460. The zero-order chi connectivity index (χ0) is 29.2. The predicted octanol–water partition coefficient (Wildman–Crippen LogP) is 7.18. The van der Waals surface area contributed by atoms with E-state index >= 15 is 0 Å². The van der Waals surface area contributed by atoms with E-state index in [1.54, 1.807) is 24.3 Å². The van der Waals surface area contributed by atoms with Crippen molar-refractivity contribution < 1.29 is 18.9 Å². The van der Waals surface area contributed by atoms with Crippen molar-refractivity contribution in [2.24, 2.45) is 0 Å². The SMILES string of the molecule is CC(C)(C)OC(=O)NCc1cccc(CNC(=O)Nc2ccc(N[S+](O)c3ccccc3-c3ccccc3)cc2)c1. The summed E-state index contributed by atoms with van der Waals surface area (Å²) in [7, 11) is 0. The molecule has 4 rings (SSSR count). The van der Waals surface area contributed by atoms with E-state index in [9.17, 15) is 14.1 Å². The Labute approximate surface area is 243 Å². The second-order valence-corrected chi connectivity index (χ2v) is 11.5. The molecule has 0 aliphatic heterocycles. The number of hydrogen-bond donors (Lipinski definition) is 5. The van der Waals surface area contributed by atoms with Gasteiger partial charge >= 0.3 is 23.5 Å². The summed E-state index contributed by atoms with van der Waals surface area (Å²) in [5.74, 6) is 0. The van der Waals surface area contributed by atoms with Crippen LogP contribution in [-0.4, -0.2) is 22.3 Å². The number of benzene rings is 4. The third-order valence-electron chi connectivity index (χ3n) is 5.82. The van der Waals surface area contributed by atoms with E-state index in [4.69, 9.17) is 4.74 Å². The summed E-state index contributed by atoms with van der Waals surface area (Å²) in [5, 5.41) is 8.40. The van der Waals surface area contributed by atoms with Crippen LogP contribution in [0, 0.1) is 0 Å². The largest absolute Gasteiger partial charge is 0.444 e. The molecule has 5 N–H and O–H groups in total. The fourth-order valence-electron chi connectivity index (χ4n) is 3.98. The zero-order valence-corrected chi connectivity index (χ0v) is 24.1. The second-order valence-electron chi connectivity index (χ2n) is 10.3. The molecule has 0 aliphatic carbocycles. The Morgan fingerprint density at radius 3 is 2.05 bits per heavy atom. The Morgan fingerprint density at radius 1 is 0.756 bits per heavy atom. The van der Waals surface area contributed by atoms with Crippen molar-refractivity contribution in [1.29, 1.82) is 0 Å². The number of alkyl carbamates (subject to hydrolysis) is 1. The number of amides is 3. The van der Waals surface area contributed by atoms with Crippen molar-refractivity contribution >= 4 is 34.9 Å². The first kappa shape index (κ1) is 29.5. The molecule has 1 atom stereocenters. The molecule has 9 heteroatoms. The molecule has 0 bridgehead atoms. The Hall–Kier alpha value is -4.47. The first-order chi connectivity index (χ1) is 19.7. The van der Waals surface area contributed by atoms with E-state index < -0.39 is 23.1 Å². The summed E-state index contributed by atoms with van der Waals surface area (Å²) in [6.45, 7) is 6.08. The number of nitrogens with one attached hydrogen (secondary N) is 4. The van der Waals surface area contributed by atoms with Crippen LogP contribution >= 0.6 is 0 Å². The van der Waals surface area contributed by atoms with E-state index in [1.807, 2.05) is 99.6 Å².